The molecule has 0 saturated heterocycles. The van der Waals surface area contributed by atoms with E-state index in [9.17, 15) is 14.9 Å². The molecule has 0 bridgehead atoms. The van der Waals surface area contributed by atoms with Crippen LogP contribution in [0.3, 0.4) is 0 Å². The van der Waals surface area contributed by atoms with Crippen LogP contribution in [0.2, 0.25) is 0 Å². The number of benzene rings is 1. The lowest BCUT2D eigenvalue weighted by Crippen LogP contribution is -2.14. The van der Waals surface area contributed by atoms with Crippen LogP contribution in [-0.2, 0) is 17.1 Å². The average Bonchev–Trinajstić information content (AvgIpc) is 3.16. The fourth-order valence-electron chi connectivity index (χ4n) is 2.29. The minimum absolute atomic E-state index is 0.0882. The van der Waals surface area contributed by atoms with Gasteiger partial charge in [-0.05, 0) is 35.9 Å². The number of pyridine rings is 1. The molecule has 2 heterocycles. The Hall–Kier alpha value is -3.20. The number of aromatic nitrogens is 3. The van der Waals surface area contributed by atoms with E-state index in [0.717, 1.165) is 16.2 Å². The number of carbonyl (C=O) groups excluding carboxylic acids is 1. The van der Waals surface area contributed by atoms with Gasteiger partial charge in [-0.2, -0.15) is 5.10 Å². The van der Waals surface area contributed by atoms with E-state index in [4.69, 9.17) is 0 Å². The van der Waals surface area contributed by atoms with Crippen molar-refractivity contribution < 1.29 is 9.72 Å². The summed E-state index contributed by atoms with van der Waals surface area (Å²) in [6, 6.07) is 11.5. The molecule has 1 aromatic carbocycles. The maximum absolute atomic E-state index is 12.0. The zero-order chi connectivity index (χ0) is 19.1. The molecule has 1 amide bonds. The fourth-order valence-corrected chi connectivity index (χ4v) is 3.13. The predicted molar refractivity (Wildman–Crippen MR) is 102 cm³/mol. The summed E-state index contributed by atoms with van der Waals surface area (Å²) in [4.78, 5) is 27.3. The Balaban J connectivity index is 1.45. The Labute approximate surface area is 159 Å². The van der Waals surface area contributed by atoms with Gasteiger partial charge >= 0.3 is 5.69 Å². The van der Waals surface area contributed by atoms with Crippen LogP contribution in [0, 0.1) is 10.1 Å². The third-order valence-corrected chi connectivity index (χ3v) is 4.75. The van der Waals surface area contributed by atoms with Crippen molar-refractivity contribution in [3.8, 4) is 0 Å². The van der Waals surface area contributed by atoms with Gasteiger partial charge in [0, 0.05) is 41.7 Å². The van der Waals surface area contributed by atoms with Crippen molar-refractivity contribution in [1.29, 1.82) is 0 Å². The van der Waals surface area contributed by atoms with E-state index < -0.39 is 4.92 Å². The van der Waals surface area contributed by atoms with Crippen LogP contribution in [0.1, 0.15) is 12.0 Å². The first kappa shape index (κ1) is 18.6. The lowest BCUT2D eigenvalue weighted by Gasteiger charge is -2.07. The highest BCUT2D eigenvalue weighted by molar-refractivity contribution is 7.98. The smallest absolute Gasteiger partial charge is 0.306 e. The minimum atomic E-state index is -0.516. The highest BCUT2D eigenvalue weighted by Crippen LogP contribution is 2.24. The summed E-state index contributed by atoms with van der Waals surface area (Å²) in [5.41, 5.74) is 1.77. The Morgan fingerprint density at radius 2 is 2.04 bits per heavy atom. The molecule has 0 atom stereocenters. The monoisotopic (exact) mass is 383 g/mol. The number of carbonyl (C=O) groups is 1. The summed E-state index contributed by atoms with van der Waals surface area (Å²) >= 11 is 1.69. The predicted octanol–water partition coefficient (Wildman–Crippen LogP) is 3.51. The van der Waals surface area contributed by atoms with E-state index in [1.807, 2.05) is 42.6 Å². The second kappa shape index (κ2) is 8.95. The first-order chi connectivity index (χ1) is 13.1. The molecule has 27 heavy (non-hydrogen) atoms. The number of nitro groups is 1. The summed E-state index contributed by atoms with van der Waals surface area (Å²) in [5.74, 6) is 0.652. The highest BCUT2D eigenvalue weighted by Gasteiger charge is 2.10. The van der Waals surface area contributed by atoms with Crippen molar-refractivity contribution in [3.05, 3.63) is 76.9 Å². The van der Waals surface area contributed by atoms with Gasteiger partial charge in [-0.25, -0.2) is 0 Å². The molecule has 0 radical (unpaired) electrons. The number of nitrogens with one attached hydrogen (secondary N) is 1. The van der Waals surface area contributed by atoms with Crippen LogP contribution in [0.15, 0.2) is 66.1 Å². The first-order valence-corrected chi connectivity index (χ1v) is 9.17. The molecular weight excluding hydrogens is 366 g/mol. The normalized spacial score (nSPS) is 10.5. The maximum atomic E-state index is 12.0. The number of hydrogen-bond donors (Lipinski definition) is 1. The van der Waals surface area contributed by atoms with Gasteiger partial charge in [0.15, 0.2) is 0 Å². The van der Waals surface area contributed by atoms with Crippen molar-refractivity contribution in [2.24, 2.45) is 0 Å². The minimum Gasteiger partial charge on any atom is -0.326 e. The van der Waals surface area contributed by atoms with Gasteiger partial charge < -0.3 is 5.32 Å². The first-order valence-electron chi connectivity index (χ1n) is 8.18. The standard InChI is InChI=1S/C18H17N5O3S/c24-18(7-9-22-12-16(11-20-22)23(25)26)21-15-3-5-17(6-4-15)27-13-14-2-1-8-19-10-14/h1-6,8,10-12H,7,9,13H2,(H,21,24). The van der Waals surface area contributed by atoms with Crippen molar-refractivity contribution in [3.63, 3.8) is 0 Å². The summed E-state index contributed by atoms with van der Waals surface area (Å²) in [6.07, 6.45) is 6.24. The summed E-state index contributed by atoms with van der Waals surface area (Å²) in [6.45, 7) is 0.277. The van der Waals surface area contributed by atoms with Crippen molar-refractivity contribution in [2.75, 3.05) is 5.32 Å². The number of rotatable bonds is 8. The lowest BCUT2D eigenvalue weighted by atomic mass is 10.3. The van der Waals surface area contributed by atoms with Gasteiger partial charge in [0.05, 0.1) is 4.92 Å². The van der Waals surface area contributed by atoms with E-state index >= 15 is 0 Å². The topological polar surface area (TPSA) is 103 Å². The second-order valence-electron chi connectivity index (χ2n) is 5.69. The van der Waals surface area contributed by atoms with Crippen LogP contribution >= 0.6 is 11.8 Å². The molecule has 0 spiro atoms. The van der Waals surface area contributed by atoms with Gasteiger partial charge in [0.2, 0.25) is 5.91 Å². The molecular formula is C18H17N5O3S. The number of aryl methyl sites for hydroxylation is 1. The lowest BCUT2D eigenvalue weighted by molar-refractivity contribution is -0.385. The van der Waals surface area contributed by atoms with Crippen LogP contribution < -0.4 is 5.32 Å². The molecule has 9 heteroatoms. The van der Waals surface area contributed by atoms with Crippen molar-refractivity contribution >= 4 is 29.0 Å². The SMILES string of the molecule is O=C(CCn1cc([N+](=O)[O-])cn1)Nc1ccc(SCc2cccnc2)cc1. The zero-order valence-corrected chi connectivity index (χ0v) is 15.1. The van der Waals surface area contributed by atoms with Crippen LogP contribution in [0.25, 0.3) is 0 Å². The quantitative estimate of drug-likeness (QED) is 0.363. The second-order valence-corrected chi connectivity index (χ2v) is 6.74. The van der Waals surface area contributed by atoms with Crippen molar-refractivity contribution in [2.45, 2.75) is 23.6 Å². The molecule has 0 unspecified atom stereocenters. The van der Waals surface area contributed by atoms with Crippen molar-refractivity contribution in [1.82, 2.24) is 14.8 Å². The number of thioether (sulfide) groups is 1. The third kappa shape index (κ3) is 5.65. The molecule has 1 N–H and O–H groups in total. The Morgan fingerprint density at radius 3 is 2.70 bits per heavy atom. The molecule has 8 nitrogen and oxygen atoms in total. The number of amides is 1. The number of anilines is 1. The molecule has 0 fully saturated rings. The van der Waals surface area contributed by atoms with Crippen LogP contribution in [0.5, 0.6) is 0 Å². The Bertz CT molecular complexity index is 912. The van der Waals surface area contributed by atoms with E-state index in [-0.39, 0.29) is 24.6 Å². The molecule has 0 saturated carbocycles. The van der Waals surface area contributed by atoms with Gasteiger partial charge in [-0.3, -0.25) is 24.6 Å². The van der Waals surface area contributed by atoms with E-state index in [1.165, 1.54) is 17.1 Å². The molecule has 0 aliphatic rings. The van der Waals surface area contributed by atoms with Gasteiger partial charge in [0.25, 0.3) is 0 Å². The molecule has 2 aromatic heterocycles. The number of hydrogen-bond acceptors (Lipinski definition) is 6. The summed E-state index contributed by atoms with van der Waals surface area (Å²) in [5, 5.41) is 17.3. The van der Waals surface area contributed by atoms with E-state index in [1.54, 1.807) is 18.0 Å². The largest absolute Gasteiger partial charge is 0.326 e. The molecule has 0 aliphatic carbocycles. The van der Waals surface area contributed by atoms with Crippen LogP contribution in [-0.4, -0.2) is 25.6 Å². The third-order valence-electron chi connectivity index (χ3n) is 3.66. The highest BCUT2D eigenvalue weighted by atomic mass is 32.2. The Kier molecular flexibility index (Phi) is 6.16. The molecule has 0 aliphatic heterocycles. The van der Waals surface area contributed by atoms with Gasteiger partial charge in [0.1, 0.15) is 12.4 Å². The maximum Gasteiger partial charge on any atom is 0.306 e. The van der Waals surface area contributed by atoms with E-state index in [2.05, 4.69) is 15.4 Å². The average molecular weight is 383 g/mol. The molecule has 138 valence electrons. The molecule has 3 aromatic rings. The summed E-state index contributed by atoms with van der Waals surface area (Å²) < 4.78 is 1.38. The Morgan fingerprint density at radius 1 is 1.22 bits per heavy atom. The van der Waals surface area contributed by atoms with Gasteiger partial charge in [-0.1, -0.05) is 6.07 Å². The van der Waals surface area contributed by atoms with E-state index in [0.29, 0.717) is 5.69 Å². The van der Waals surface area contributed by atoms with Crippen LogP contribution in [0.4, 0.5) is 11.4 Å². The summed E-state index contributed by atoms with van der Waals surface area (Å²) in [7, 11) is 0. The zero-order valence-electron chi connectivity index (χ0n) is 14.3. The fraction of sp³-hybridized carbons (Fsp3) is 0.167. The number of nitrogens with zero attached hydrogens (tertiary/aromatic N) is 4. The van der Waals surface area contributed by atoms with Gasteiger partial charge in [-0.15, -0.1) is 11.8 Å². The molecule has 3 rings (SSSR count).